The Bertz CT molecular complexity index is 1130. The lowest BCUT2D eigenvalue weighted by Crippen LogP contribution is -2.11. The zero-order chi connectivity index (χ0) is 22.7. The molecule has 0 bridgehead atoms. The van der Waals surface area contributed by atoms with Gasteiger partial charge in [0.15, 0.2) is 0 Å². The molecule has 0 aliphatic carbocycles. The van der Waals surface area contributed by atoms with Crippen LogP contribution in [0, 0.1) is 0 Å². The normalized spacial score (nSPS) is 11.1. The molecule has 4 rings (SSSR count). The molecule has 0 aliphatic heterocycles. The zero-order valence-electron chi connectivity index (χ0n) is 18.9. The van der Waals surface area contributed by atoms with Gasteiger partial charge in [0.2, 0.25) is 5.88 Å². The third-order valence-corrected chi connectivity index (χ3v) is 5.19. The number of para-hydroxylation sites is 2. The fourth-order valence-corrected chi connectivity index (χ4v) is 3.34. The van der Waals surface area contributed by atoms with Crippen molar-refractivity contribution in [2.45, 2.75) is 19.8 Å². The molecule has 0 unspecified atom stereocenters. The van der Waals surface area contributed by atoms with E-state index in [9.17, 15) is 0 Å². The molecule has 2 heterocycles. The van der Waals surface area contributed by atoms with Crippen molar-refractivity contribution in [1.29, 1.82) is 0 Å². The Morgan fingerprint density at radius 2 is 1.33 bits per heavy atom. The molecule has 170 valence electrons. The van der Waals surface area contributed by atoms with E-state index < -0.39 is 0 Å². The Balaban J connectivity index is 1.26. The molecule has 0 fully saturated rings. The van der Waals surface area contributed by atoms with Crippen LogP contribution in [0.5, 0.6) is 5.88 Å². The topological polar surface area (TPSA) is 66.4 Å². The van der Waals surface area contributed by atoms with E-state index >= 15 is 0 Å². The Morgan fingerprint density at radius 1 is 0.636 bits per heavy atom. The molecule has 0 spiro atoms. The summed E-state index contributed by atoms with van der Waals surface area (Å²) in [7, 11) is 0. The van der Waals surface area contributed by atoms with E-state index in [-0.39, 0.29) is 0 Å². The van der Waals surface area contributed by atoms with Gasteiger partial charge in [-0.3, -0.25) is 4.98 Å². The lowest BCUT2D eigenvalue weighted by atomic mass is 10.0. The SMILES string of the molecule is CCCCOCCOCCOc1ccc(-c2ccc(-c3cnc4ccccc4n3)cc2)cn1. The number of ether oxygens (including phenoxy) is 3. The fourth-order valence-electron chi connectivity index (χ4n) is 3.34. The highest BCUT2D eigenvalue weighted by Gasteiger charge is 2.05. The Morgan fingerprint density at radius 3 is 2.09 bits per heavy atom. The Kier molecular flexibility index (Phi) is 8.33. The number of fused-ring (bicyclic) bond motifs is 1. The highest BCUT2D eigenvalue weighted by Crippen LogP contribution is 2.25. The number of hydrogen-bond acceptors (Lipinski definition) is 6. The van der Waals surface area contributed by atoms with Gasteiger partial charge in [-0.25, -0.2) is 9.97 Å². The van der Waals surface area contributed by atoms with E-state index in [0.29, 0.717) is 32.3 Å². The van der Waals surface area contributed by atoms with Gasteiger partial charge in [-0.05, 0) is 30.2 Å². The van der Waals surface area contributed by atoms with Crippen LogP contribution >= 0.6 is 0 Å². The van der Waals surface area contributed by atoms with Crippen molar-refractivity contribution in [3.63, 3.8) is 0 Å². The highest BCUT2D eigenvalue weighted by molar-refractivity contribution is 5.77. The summed E-state index contributed by atoms with van der Waals surface area (Å²) in [5, 5.41) is 0. The minimum Gasteiger partial charge on any atom is -0.475 e. The first-order valence-corrected chi connectivity index (χ1v) is 11.4. The molecular formula is C27H29N3O3. The number of hydrogen-bond donors (Lipinski definition) is 0. The molecule has 4 aromatic rings. The maximum absolute atomic E-state index is 5.66. The van der Waals surface area contributed by atoms with Gasteiger partial charge in [0.05, 0.1) is 42.7 Å². The summed E-state index contributed by atoms with van der Waals surface area (Å²) in [4.78, 5) is 13.6. The maximum Gasteiger partial charge on any atom is 0.213 e. The summed E-state index contributed by atoms with van der Waals surface area (Å²) in [5.74, 6) is 0.588. The first-order chi connectivity index (χ1) is 16.3. The summed E-state index contributed by atoms with van der Waals surface area (Å²) in [5.41, 5.74) is 5.79. The minimum atomic E-state index is 0.461. The van der Waals surface area contributed by atoms with Gasteiger partial charge in [-0.15, -0.1) is 0 Å². The number of benzene rings is 2. The third kappa shape index (κ3) is 6.57. The van der Waals surface area contributed by atoms with Gasteiger partial charge >= 0.3 is 0 Å². The average molecular weight is 444 g/mol. The van der Waals surface area contributed by atoms with Crippen molar-refractivity contribution in [3.05, 3.63) is 73.1 Å². The second-order valence-electron chi connectivity index (χ2n) is 7.63. The number of aromatic nitrogens is 3. The molecular weight excluding hydrogens is 414 g/mol. The van der Waals surface area contributed by atoms with E-state index in [4.69, 9.17) is 19.2 Å². The molecule has 0 amide bonds. The van der Waals surface area contributed by atoms with Gasteiger partial charge in [0.25, 0.3) is 0 Å². The van der Waals surface area contributed by atoms with Crippen molar-refractivity contribution in [2.75, 3.05) is 33.0 Å². The molecule has 0 radical (unpaired) electrons. The standard InChI is InChI=1S/C27H29N3O3/c1-2-3-14-31-15-16-32-17-18-33-27-13-12-23(19-29-27)21-8-10-22(11-9-21)26-20-28-24-6-4-5-7-25(24)30-26/h4-13,19-20H,2-3,14-18H2,1H3. The van der Waals surface area contributed by atoms with Crippen LogP contribution in [0.1, 0.15) is 19.8 Å². The van der Waals surface area contributed by atoms with Crippen molar-refractivity contribution in [1.82, 2.24) is 15.0 Å². The van der Waals surface area contributed by atoms with Gasteiger partial charge < -0.3 is 14.2 Å². The minimum absolute atomic E-state index is 0.461. The molecule has 2 aromatic carbocycles. The molecule has 6 nitrogen and oxygen atoms in total. The average Bonchev–Trinajstić information content (AvgIpc) is 2.88. The van der Waals surface area contributed by atoms with Crippen LogP contribution in [0.4, 0.5) is 0 Å². The summed E-state index contributed by atoms with van der Waals surface area (Å²) in [6, 6.07) is 20.0. The largest absolute Gasteiger partial charge is 0.475 e. The quantitative estimate of drug-likeness (QED) is 0.267. The second kappa shape index (κ2) is 12.0. The number of pyridine rings is 1. The van der Waals surface area contributed by atoms with Crippen molar-refractivity contribution in [2.24, 2.45) is 0 Å². The van der Waals surface area contributed by atoms with Crippen LogP contribution in [0.25, 0.3) is 33.4 Å². The molecule has 2 aromatic heterocycles. The lowest BCUT2D eigenvalue weighted by Gasteiger charge is -2.08. The monoisotopic (exact) mass is 443 g/mol. The van der Waals surface area contributed by atoms with Gasteiger partial charge in [-0.1, -0.05) is 49.7 Å². The molecule has 0 aliphatic rings. The van der Waals surface area contributed by atoms with Crippen LogP contribution in [-0.4, -0.2) is 48.0 Å². The predicted molar refractivity (Wildman–Crippen MR) is 130 cm³/mol. The van der Waals surface area contributed by atoms with E-state index in [1.807, 2.05) is 48.8 Å². The number of nitrogens with zero attached hydrogens (tertiary/aromatic N) is 3. The van der Waals surface area contributed by atoms with Crippen LogP contribution in [0.3, 0.4) is 0 Å². The van der Waals surface area contributed by atoms with Crippen molar-refractivity contribution >= 4 is 11.0 Å². The van der Waals surface area contributed by atoms with Gasteiger partial charge in [0.1, 0.15) is 6.61 Å². The predicted octanol–water partition coefficient (Wildman–Crippen LogP) is 5.57. The van der Waals surface area contributed by atoms with E-state index in [2.05, 4.69) is 41.2 Å². The maximum atomic E-state index is 5.66. The third-order valence-electron chi connectivity index (χ3n) is 5.19. The Labute approximate surface area is 194 Å². The summed E-state index contributed by atoms with van der Waals surface area (Å²) in [6.45, 7) is 5.13. The first kappa shape index (κ1) is 22.8. The van der Waals surface area contributed by atoms with Crippen molar-refractivity contribution < 1.29 is 14.2 Å². The number of rotatable bonds is 12. The first-order valence-electron chi connectivity index (χ1n) is 11.4. The van der Waals surface area contributed by atoms with Crippen molar-refractivity contribution in [3.8, 4) is 28.3 Å². The number of unbranched alkanes of at least 4 members (excludes halogenated alkanes) is 1. The van der Waals surface area contributed by atoms with Crippen LogP contribution in [0.2, 0.25) is 0 Å². The van der Waals surface area contributed by atoms with Gasteiger partial charge in [0, 0.05) is 30.0 Å². The summed E-state index contributed by atoms with van der Waals surface area (Å²) in [6.07, 6.45) is 5.87. The van der Waals surface area contributed by atoms with E-state index in [1.165, 1.54) is 0 Å². The Hall–Kier alpha value is -3.35. The smallest absolute Gasteiger partial charge is 0.213 e. The van der Waals surface area contributed by atoms with Crippen LogP contribution in [-0.2, 0) is 9.47 Å². The van der Waals surface area contributed by atoms with Crippen LogP contribution in [0.15, 0.2) is 73.1 Å². The molecule has 0 saturated heterocycles. The lowest BCUT2D eigenvalue weighted by molar-refractivity contribution is 0.0351. The zero-order valence-corrected chi connectivity index (χ0v) is 18.9. The van der Waals surface area contributed by atoms with Gasteiger partial charge in [-0.2, -0.15) is 0 Å². The molecule has 0 atom stereocenters. The van der Waals surface area contributed by atoms with E-state index in [0.717, 1.165) is 52.9 Å². The highest BCUT2D eigenvalue weighted by atomic mass is 16.5. The molecule has 0 N–H and O–H groups in total. The summed E-state index contributed by atoms with van der Waals surface area (Å²) >= 11 is 0. The summed E-state index contributed by atoms with van der Waals surface area (Å²) < 4.78 is 16.6. The fraction of sp³-hybridized carbons (Fsp3) is 0.296. The molecule has 33 heavy (non-hydrogen) atoms. The second-order valence-corrected chi connectivity index (χ2v) is 7.63. The molecule has 6 heteroatoms. The molecule has 0 saturated carbocycles. The van der Waals surface area contributed by atoms with E-state index in [1.54, 1.807) is 0 Å². The van der Waals surface area contributed by atoms with Crippen LogP contribution < -0.4 is 4.74 Å².